The third kappa shape index (κ3) is 52.0. The molecule has 0 bridgehead atoms. The number of carbonyl (C=O) groups is 2. The van der Waals surface area contributed by atoms with E-state index in [1.165, 1.54) is 270 Å². The Bertz CT molecular complexity index is 986. The van der Waals surface area contributed by atoms with E-state index in [4.69, 9.17) is 4.74 Å². The molecule has 0 aliphatic carbocycles. The normalized spacial score (nSPS) is 12.6. The molecule has 392 valence electrons. The van der Waals surface area contributed by atoms with Crippen LogP contribution in [0.15, 0.2) is 12.2 Å². The highest BCUT2D eigenvalue weighted by Crippen LogP contribution is 2.18. The summed E-state index contributed by atoms with van der Waals surface area (Å²) in [4.78, 5) is 24.5. The minimum atomic E-state index is -0.847. The van der Waals surface area contributed by atoms with Crippen LogP contribution in [-0.2, 0) is 14.3 Å². The number of rotatable bonds is 56. The third-order valence-corrected chi connectivity index (χ3v) is 14.1. The van der Waals surface area contributed by atoms with Crippen molar-refractivity contribution in [3.05, 3.63) is 12.2 Å². The van der Waals surface area contributed by atoms with E-state index in [1.807, 2.05) is 6.08 Å². The molecule has 0 radical (unpaired) electrons. The fourth-order valence-electron chi connectivity index (χ4n) is 9.46. The molecule has 6 heteroatoms. The van der Waals surface area contributed by atoms with Crippen LogP contribution >= 0.6 is 0 Å². The first-order valence-corrected chi connectivity index (χ1v) is 30.0. The van der Waals surface area contributed by atoms with Crippen LogP contribution in [0.4, 0.5) is 0 Å². The molecule has 2 unspecified atom stereocenters. The largest absolute Gasteiger partial charge is 0.466 e. The van der Waals surface area contributed by atoms with Gasteiger partial charge in [0.25, 0.3) is 0 Å². The van der Waals surface area contributed by atoms with Crippen molar-refractivity contribution in [1.29, 1.82) is 0 Å². The Morgan fingerprint density at radius 3 is 1.03 bits per heavy atom. The van der Waals surface area contributed by atoms with Gasteiger partial charge >= 0.3 is 5.97 Å². The average Bonchev–Trinajstić information content (AvgIpc) is 3.32. The van der Waals surface area contributed by atoms with Crippen molar-refractivity contribution in [2.45, 2.75) is 347 Å². The summed E-state index contributed by atoms with van der Waals surface area (Å²) in [5.74, 6) is -0.0628. The fourth-order valence-corrected chi connectivity index (χ4v) is 9.46. The zero-order valence-electron chi connectivity index (χ0n) is 44.7. The van der Waals surface area contributed by atoms with Crippen LogP contribution in [0.5, 0.6) is 0 Å². The number of esters is 1. The molecule has 0 aliphatic rings. The van der Waals surface area contributed by atoms with Gasteiger partial charge in [0.05, 0.1) is 25.4 Å². The van der Waals surface area contributed by atoms with E-state index in [2.05, 4.69) is 19.2 Å². The molecule has 0 saturated carbocycles. The van der Waals surface area contributed by atoms with Gasteiger partial charge < -0.3 is 20.3 Å². The summed E-state index contributed by atoms with van der Waals surface area (Å²) in [6.07, 6.45) is 66.6. The number of hydrogen-bond acceptors (Lipinski definition) is 5. The van der Waals surface area contributed by atoms with Gasteiger partial charge in [-0.05, 0) is 32.1 Å². The Morgan fingerprint density at radius 1 is 0.409 bits per heavy atom. The molecule has 0 rings (SSSR count). The minimum Gasteiger partial charge on any atom is -0.466 e. The lowest BCUT2D eigenvalue weighted by molar-refractivity contribution is -0.143. The van der Waals surface area contributed by atoms with Crippen LogP contribution in [0.3, 0.4) is 0 Å². The molecular weight excluding hydrogens is 815 g/mol. The number of amides is 1. The lowest BCUT2D eigenvalue weighted by Gasteiger charge is -2.20. The molecule has 3 N–H and O–H groups in total. The number of hydrogen-bond donors (Lipinski definition) is 3. The van der Waals surface area contributed by atoms with E-state index in [9.17, 15) is 19.8 Å². The minimum absolute atomic E-state index is 0.00741. The summed E-state index contributed by atoms with van der Waals surface area (Å²) in [6, 6.07) is -0.631. The topological polar surface area (TPSA) is 95.9 Å². The highest BCUT2D eigenvalue weighted by atomic mass is 16.5. The molecular formula is C60H117NO5. The maximum absolute atomic E-state index is 12.5. The summed E-state index contributed by atoms with van der Waals surface area (Å²) >= 11 is 0. The van der Waals surface area contributed by atoms with Crippen LogP contribution in [0, 0.1) is 0 Å². The lowest BCUT2D eigenvalue weighted by atomic mass is 10.0. The van der Waals surface area contributed by atoms with Crippen molar-refractivity contribution in [2.24, 2.45) is 0 Å². The van der Waals surface area contributed by atoms with Gasteiger partial charge in [0.15, 0.2) is 0 Å². The molecule has 0 spiro atoms. The third-order valence-electron chi connectivity index (χ3n) is 14.1. The average molecular weight is 933 g/mol. The molecule has 0 fully saturated rings. The first kappa shape index (κ1) is 64.6. The molecule has 0 saturated heterocycles. The Morgan fingerprint density at radius 2 is 0.697 bits per heavy atom. The number of allylic oxidation sites excluding steroid dienone is 1. The number of carbonyl (C=O) groups excluding carboxylic acids is 2. The summed E-state index contributed by atoms with van der Waals surface area (Å²) < 4.78 is 5.48. The zero-order chi connectivity index (χ0) is 47.9. The maximum atomic E-state index is 12.5. The summed E-state index contributed by atoms with van der Waals surface area (Å²) in [5, 5.41) is 23.2. The van der Waals surface area contributed by atoms with Gasteiger partial charge in [-0.15, -0.1) is 0 Å². The first-order valence-electron chi connectivity index (χ1n) is 30.0. The van der Waals surface area contributed by atoms with Gasteiger partial charge in [-0.25, -0.2) is 0 Å². The maximum Gasteiger partial charge on any atom is 0.305 e. The molecule has 1 amide bonds. The summed E-state index contributed by atoms with van der Waals surface area (Å²) in [6.45, 7) is 4.92. The number of aliphatic hydroxyl groups is 2. The second kappa shape index (κ2) is 56.2. The molecule has 0 aliphatic heterocycles. The molecule has 66 heavy (non-hydrogen) atoms. The van der Waals surface area contributed by atoms with E-state index in [1.54, 1.807) is 6.08 Å². The number of unbranched alkanes of at least 4 members (excludes halogenated alkanes) is 45. The van der Waals surface area contributed by atoms with Crippen LogP contribution in [0.1, 0.15) is 335 Å². The van der Waals surface area contributed by atoms with E-state index < -0.39 is 12.1 Å². The summed E-state index contributed by atoms with van der Waals surface area (Å²) in [7, 11) is 0. The predicted octanol–water partition coefficient (Wildman–Crippen LogP) is 18.5. The van der Waals surface area contributed by atoms with Crippen LogP contribution < -0.4 is 5.32 Å². The zero-order valence-corrected chi connectivity index (χ0v) is 44.7. The van der Waals surface area contributed by atoms with Crippen molar-refractivity contribution in [3.8, 4) is 0 Å². The van der Waals surface area contributed by atoms with Crippen molar-refractivity contribution in [1.82, 2.24) is 5.32 Å². The summed E-state index contributed by atoms with van der Waals surface area (Å²) in [5.41, 5.74) is 0. The predicted molar refractivity (Wildman–Crippen MR) is 287 cm³/mol. The number of nitrogens with one attached hydrogen (secondary N) is 1. The Labute approximate surface area is 412 Å². The van der Waals surface area contributed by atoms with E-state index in [0.717, 1.165) is 38.5 Å². The molecule has 0 aromatic heterocycles. The lowest BCUT2D eigenvalue weighted by Crippen LogP contribution is -2.45. The van der Waals surface area contributed by atoms with E-state index in [0.29, 0.717) is 19.4 Å². The second-order valence-electron chi connectivity index (χ2n) is 20.7. The van der Waals surface area contributed by atoms with Gasteiger partial charge in [0, 0.05) is 12.8 Å². The monoisotopic (exact) mass is 932 g/mol. The standard InChI is InChI=1S/C60H117NO5/c1-3-5-7-9-11-13-15-17-19-20-22-25-28-32-36-40-44-48-52-58(63)57(56-62)61-59(64)53-49-45-41-37-33-29-26-23-21-24-27-31-35-39-43-47-51-55-66-60(65)54-50-46-42-38-34-30-18-16-14-12-10-8-6-4-2/h48,52,57-58,62-63H,3-47,49-51,53-56H2,1-2H3,(H,61,64)/b52-48+. The Kier molecular flexibility index (Phi) is 55.0. The van der Waals surface area contributed by atoms with Crippen molar-refractivity contribution in [3.63, 3.8) is 0 Å². The van der Waals surface area contributed by atoms with Crippen LogP contribution in [0.2, 0.25) is 0 Å². The first-order chi connectivity index (χ1) is 32.5. The Hall–Kier alpha value is -1.40. The van der Waals surface area contributed by atoms with E-state index in [-0.39, 0.29) is 18.5 Å². The molecule has 0 aromatic rings. The van der Waals surface area contributed by atoms with Crippen LogP contribution in [0.25, 0.3) is 0 Å². The highest BCUT2D eigenvalue weighted by Gasteiger charge is 2.18. The van der Waals surface area contributed by atoms with Crippen molar-refractivity contribution < 1.29 is 24.5 Å². The number of ether oxygens (including phenoxy) is 1. The molecule has 0 heterocycles. The van der Waals surface area contributed by atoms with Gasteiger partial charge in [0.2, 0.25) is 5.91 Å². The van der Waals surface area contributed by atoms with Gasteiger partial charge in [0.1, 0.15) is 0 Å². The molecule has 2 atom stereocenters. The number of aliphatic hydroxyl groups excluding tert-OH is 2. The smallest absolute Gasteiger partial charge is 0.305 e. The quantitative estimate of drug-likeness (QED) is 0.0321. The van der Waals surface area contributed by atoms with Crippen molar-refractivity contribution >= 4 is 11.9 Å². The van der Waals surface area contributed by atoms with Gasteiger partial charge in [-0.3, -0.25) is 9.59 Å². The fraction of sp³-hybridized carbons (Fsp3) is 0.933. The molecule has 6 nitrogen and oxygen atoms in total. The highest BCUT2D eigenvalue weighted by molar-refractivity contribution is 5.76. The van der Waals surface area contributed by atoms with Crippen molar-refractivity contribution in [2.75, 3.05) is 13.2 Å². The van der Waals surface area contributed by atoms with Crippen LogP contribution in [-0.4, -0.2) is 47.4 Å². The second-order valence-corrected chi connectivity index (χ2v) is 20.7. The van der Waals surface area contributed by atoms with Gasteiger partial charge in [-0.2, -0.15) is 0 Å². The molecule has 0 aromatic carbocycles. The van der Waals surface area contributed by atoms with Gasteiger partial charge in [-0.1, -0.05) is 302 Å². The van der Waals surface area contributed by atoms with E-state index >= 15 is 0 Å². The Balaban J connectivity index is 3.43. The SMILES string of the molecule is CCCCCCCCCCCCCCCCCC/C=C/C(O)C(CO)NC(=O)CCCCCCCCCCCCCCCCCCCOC(=O)CCCCCCCCCCCCCCCC.